The fourth-order valence-electron chi connectivity index (χ4n) is 3.91. The molecule has 1 atom stereocenters. The van der Waals surface area contributed by atoms with Crippen LogP contribution in [-0.2, 0) is 19.7 Å². The molecule has 0 spiro atoms. The number of aliphatic carboxylic acids is 1. The number of benzene rings is 1. The molecule has 1 aromatic rings. The van der Waals surface area contributed by atoms with Gasteiger partial charge in [0.05, 0.1) is 11.8 Å². The zero-order chi connectivity index (χ0) is 17.2. The molecule has 1 amide bonds. The predicted molar refractivity (Wildman–Crippen MR) is 92.9 cm³/mol. The number of rotatable bonds is 4. The molecule has 5 nitrogen and oxygen atoms in total. The minimum atomic E-state index is -0.843. The van der Waals surface area contributed by atoms with E-state index in [1.165, 1.54) is 0 Å². The van der Waals surface area contributed by atoms with Crippen molar-refractivity contribution in [3.8, 4) is 0 Å². The highest BCUT2D eigenvalue weighted by Crippen LogP contribution is 2.39. The maximum atomic E-state index is 13.5. The van der Waals surface area contributed by atoms with Crippen LogP contribution in [-0.4, -0.2) is 47.7 Å². The summed E-state index contributed by atoms with van der Waals surface area (Å²) in [6, 6.07) is 7.72. The van der Waals surface area contributed by atoms with E-state index in [-0.39, 0.29) is 18.4 Å². The van der Waals surface area contributed by atoms with Gasteiger partial charge in [0.15, 0.2) is 0 Å². The van der Waals surface area contributed by atoms with Gasteiger partial charge in [0.1, 0.15) is 0 Å². The van der Waals surface area contributed by atoms with Crippen LogP contribution in [0, 0.1) is 0 Å². The summed E-state index contributed by atoms with van der Waals surface area (Å²) in [7, 11) is 0. The third kappa shape index (κ3) is 3.35. The Morgan fingerprint density at radius 2 is 1.92 bits per heavy atom. The predicted octanol–water partition coefficient (Wildman–Crippen LogP) is 2.96. The molecule has 2 aliphatic heterocycles. The molecule has 3 rings (SSSR count). The van der Waals surface area contributed by atoms with Crippen LogP contribution in [0.2, 0.25) is 0 Å². The van der Waals surface area contributed by atoms with Crippen molar-refractivity contribution in [3.05, 3.63) is 34.3 Å². The van der Waals surface area contributed by atoms with Crippen LogP contribution < -0.4 is 0 Å². The first-order valence-electron chi connectivity index (χ1n) is 8.39. The molecule has 2 fully saturated rings. The topological polar surface area (TPSA) is 66.8 Å². The van der Waals surface area contributed by atoms with Crippen molar-refractivity contribution < 1.29 is 19.4 Å². The maximum Gasteiger partial charge on any atom is 0.305 e. The number of amides is 1. The molecule has 0 aromatic heterocycles. The largest absolute Gasteiger partial charge is 0.481 e. The van der Waals surface area contributed by atoms with Crippen LogP contribution in [0.3, 0.4) is 0 Å². The Kier molecular flexibility index (Phi) is 5.25. The third-order valence-corrected chi connectivity index (χ3v) is 5.73. The molecule has 2 heterocycles. The standard InChI is InChI=1S/C18H22BrNO4/c19-14-5-3-13(4-6-14)18(7-10-24-11-8-18)17(23)20-9-1-2-15(20)12-16(21)22/h3-6,15H,1-2,7-12H2,(H,21,22). The van der Waals surface area contributed by atoms with Crippen molar-refractivity contribution in [1.82, 2.24) is 4.90 Å². The number of carbonyl (C=O) groups excluding carboxylic acids is 1. The average molecular weight is 396 g/mol. The Morgan fingerprint density at radius 1 is 1.25 bits per heavy atom. The van der Waals surface area contributed by atoms with E-state index < -0.39 is 11.4 Å². The van der Waals surface area contributed by atoms with Crippen molar-refractivity contribution >= 4 is 27.8 Å². The normalized spacial score (nSPS) is 23.2. The minimum absolute atomic E-state index is 0.0264. The van der Waals surface area contributed by atoms with Gasteiger partial charge < -0.3 is 14.7 Å². The summed E-state index contributed by atoms with van der Waals surface area (Å²) in [6.07, 6.45) is 2.95. The Hall–Kier alpha value is -1.40. The van der Waals surface area contributed by atoms with Gasteiger partial charge in [0.25, 0.3) is 0 Å². The van der Waals surface area contributed by atoms with E-state index >= 15 is 0 Å². The zero-order valence-electron chi connectivity index (χ0n) is 13.5. The monoisotopic (exact) mass is 395 g/mol. The summed E-state index contributed by atoms with van der Waals surface area (Å²) < 4.78 is 6.48. The number of likely N-dealkylation sites (tertiary alicyclic amines) is 1. The Morgan fingerprint density at radius 3 is 2.54 bits per heavy atom. The molecule has 0 aliphatic carbocycles. The fraction of sp³-hybridized carbons (Fsp3) is 0.556. The van der Waals surface area contributed by atoms with Crippen molar-refractivity contribution in [2.75, 3.05) is 19.8 Å². The summed E-state index contributed by atoms with van der Waals surface area (Å²) in [6.45, 7) is 1.76. The lowest BCUT2D eigenvalue weighted by Gasteiger charge is -2.40. The third-order valence-electron chi connectivity index (χ3n) is 5.20. The van der Waals surface area contributed by atoms with Crippen molar-refractivity contribution in [3.63, 3.8) is 0 Å². The highest BCUT2D eigenvalue weighted by Gasteiger charge is 2.46. The number of hydrogen-bond acceptors (Lipinski definition) is 3. The van der Waals surface area contributed by atoms with E-state index in [1.807, 2.05) is 29.2 Å². The van der Waals surface area contributed by atoms with Crippen molar-refractivity contribution in [2.24, 2.45) is 0 Å². The van der Waals surface area contributed by atoms with Crippen LogP contribution in [0.4, 0.5) is 0 Å². The van der Waals surface area contributed by atoms with Gasteiger partial charge in [-0.1, -0.05) is 28.1 Å². The molecule has 0 bridgehead atoms. The van der Waals surface area contributed by atoms with E-state index in [4.69, 9.17) is 9.84 Å². The van der Waals surface area contributed by atoms with Crippen LogP contribution in [0.15, 0.2) is 28.7 Å². The second kappa shape index (κ2) is 7.23. The smallest absolute Gasteiger partial charge is 0.305 e. The molecule has 1 N–H and O–H groups in total. The van der Waals surface area contributed by atoms with Crippen molar-refractivity contribution in [2.45, 2.75) is 43.6 Å². The Bertz CT molecular complexity index is 610. The Balaban J connectivity index is 1.92. The summed E-state index contributed by atoms with van der Waals surface area (Å²) in [5.74, 6) is -0.777. The van der Waals surface area contributed by atoms with Crippen LogP contribution >= 0.6 is 15.9 Å². The van der Waals surface area contributed by atoms with Gasteiger partial charge in [0, 0.05) is 30.3 Å². The number of hydrogen-bond donors (Lipinski definition) is 1. The molecule has 6 heteroatoms. The number of carboxylic acid groups (broad SMARTS) is 1. The number of carboxylic acids is 1. The maximum absolute atomic E-state index is 13.5. The highest BCUT2D eigenvalue weighted by molar-refractivity contribution is 9.10. The van der Waals surface area contributed by atoms with Gasteiger partial charge >= 0.3 is 5.97 Å². The van der Waals surface area contributed by atoms with Crippen LogP contribution in [0.25, 0.3) is 0 Å². The van der Waals surface area contributed by atoms with Gasteiger partial charge in [-0.05, 0) is 43.4 Å². The van der Waals surface area contributed by atoms with E-state index in [9.17, 15) is 9.59 Å². The van der Waals surface area contributed by atoms with E-state index in [1.54, 1.807) is 0 Å². The molecule has 0 radical (unpaired) electrons. The van der Waals surface area contributed by atoms with Crippen molar-refractivity contribution in [1.29, 1.82) is 0 Å². The van der Waals surface area contributed by atoms with Gasteiger partial charge in [0.2, 0.25) is 5.91 Å². The summed E-state index contributed by atoms with van der Waals surface area (Å²) in [5, 5.41) is 9.13. The molecule has 2 saturated heterocycles. The fourth-order valence-corrected chi connectivity index (χ4v) is 4.17. The van der Waals surface area contributed by atoms with Gasteiger partial charge in [-0.15, -0.1) is 0 Å². The molecule has 1 aromatic carbocycles. The van der Waals surface area contributed by atoms with E-state index in [0.29, 0.717) is 32.6 Å². The molecule has 24 heavy (non-hydrogen) atoms. The lowest BCUT2D eigenvalue weighted by molar-refractivity contribution is -0.144. The first kappa shape index (κ1) is 17.4. The van der Waals surface area contributed by atoms with Gasteiger partial charge in [-0.25, -0.2) is 0 Å². The first-order chi connectivity index (χ1) is 11.5. The zero-order valence-corrected chi connectivity index (χ0v) is 15.1. The van der Waals surface area contributed by atoms with Crippen LogP contribution in [0.1, 0.15) is 37.7 Å². The summed E-state index contributed by atoms with van der Waals surface area (Å²) in [4.78, 5) is 26.4. The number of nitrogens with zero attached hydrogens (tertiary/aromatic N) is 1. The highest BCUT2D eigenvalue weighted by atomic mass is 79.9. The van der Waals surface area contributed by atoms with Crippen LogP contribution in [0.5, 0.6) is 0 Å². The summed E-state index contributed by atoms with van der Waals surface area (Å²) in [5.41, 5.74) is 0.403. The second-order valence-electron chi connectivity index (χ2n) is 6.59. The summed E-state index contributed by atoms with van der Waals surface area (Å²) >= 11 is 3.44. The second-order valence-corrected chi connectivity index (χ2v) is 7.51. The molecule has 0 saturated carbocycles. The van der Waals surface area contributed by atoms with Gasteiger partial charge in [-0.2, -0.15) is 0 Å². The molecular formula is C18H22BrNO4. The number of ether oxygens (including phenoxy) is 1. The quantitative estimate of drug-likeness (QED) is 0.850. The average Bonchev–Trinajstić information content (AvgIpc) is 3.02. The minimum Gasteiger partial charge on any atom is -0.481 e. The molecule has 130 valence electrons. The molecule has 1 unspecified atom stereocenters. The molecule has 2 aliphatic rings. The number of carbonyl (C=O) groups is 2. The van der Waals surface area contributed by atoms with E-state index in [0.717, 1.165) is 22.9 Å². The number of halogens is 1. The lowest BCUT2D eigenvalue weighted by atomic mass is 9.73. The first-order valence-corrected chi connectivity index (χ1v) is 9.19. The molecular weight excluding hydrogens is 374 g/mol. The van der Waals surface area contributed by atoms with Gasteiger partial charge in [-0.3, -0.25) is 9.59 Å². The van der Waals surface area contributed by atoms with E-state index in [2.05, 4.69) is 15.9 Å². The Labute approximate surface area is 150 Å². The SMILES string of the molecule is O=C(O)CC1CCCN1C(=O)C1(c2ccc(Br)cc2)CCOCC1. The lowest BCUT2D eigenvalue weighted by Crippen LogP contribution is -2.51.